The van der Waals surface area contributed by atoms with Gasteiger partial charge in [-0.2, -0.15) is 0 Å². The van der Waals surface area contributed by atoms with E-state index in [0.717, 1.165) is 29.1 Å². The second kappa shape index (κ2) is 9.14. The monoisotopic (exact) mass is 380 g/mol. The summed E-state index contributed by atoms with van der Waals surface area (Å²) >= 11 is 5.88. The van der Waals surface area contributed by atoms with Crippen molar-refractivity contribution >= 4 is 29.1 Å². The Morgan fingerprint density at radius 3 is 2.37 bits per heavy atom. The van der Waals surface area contributed by atoms with Crippen molar-refractivity contribution in [2.45, 2.75) is 19.8 Å². The van der Waals surface area contributed by atoms with Gasteiger partial charge in [0.1, 0.15) is 5.82 Å². The maximum Gasteiger partial charge on any atom is 0.230 e. The largest absolute Gasteiger partial charge is 0.368 e. The predicted molar refractivity (Wildman–Crippen MR) is 109 cm³/mol. The highest BCUT2D eigenvalue weighted by molar-refractivity contribution is 6.30. The molecule has 6 heteroatoms. The van der Waals surface area contributed by atoms with Gasteiger partial charge in [0.25, 0.3) is 0 Å². The smallest absolute Gasteiger partial charge is 0.230 e. The summed E-state index contributed by atoms with van der Waals surface area (Å²) in [4.78, 5) is 12.2. The van der Waals surface area contributed by atoms with Gasteiger partial charge in [-0.05, 0) is 54.3 Å². The van der Waals surface area contributed by atoms with Gasteiger partial charge in [0.15, 0.2) is 5.82 Å². The van der Waals surface area contributed by atoms with Gasteiger partial charge in [-0.3, -0.25) is 4.79 Å². The summed E-state index contributed by atoms with van der Waals surface area (Å²) in [6.07, 6.45) is 1.17. The number of hydrogen-bond acceptors (Lipinski definition) is 4. The molecule has 2 N–H and O–H groups in total. The Morgan fingerprint density at radius 2 is 1.67 bits per heavy atom. The van der Waals surface area contributed by atoms with Gasteiger partial charge >= 0.3 is 0 Å². The minimum absolute atomic E-state index is 0.109. The maximum atomic E-state index is 12.2. The first kappa shape index (κ1) is 18.9. The fourth-order valence-electron chi connectivity index (χ4n) is 2.65. The predicted octanol–water partition coefficient (Wildman–Crippen LogP) is 4.27. The summed E-state index contributed by atoms with van der Waals surface area (Å²) in [5.41, 5.74) is 3.29. The summed E-state index contributed by atoms with van der Waals surface area (Å²) in [6, 6.07) is 19.1. The zero-order valence-electron chi connectivity index (χ0n) is 15.1. The van der Waals surface area contributed by atoms with Gasteiger partial charge in [0.2, 0.25) is 5.91 Å². The fraction of sp³-hybridized carbons (Fsp3) is 0.190. The van der Waals surface area contributed by atoms with Crippen molar-refractivity contribution in [3.05, 3.63) is 82.4 Å². The summed E-state index contributed by atoms with van der Waals surface area (Å²) in [6.45, 7) is 2.72. The molecule has 0 aliphatic rings. The van der Waals surface area contributed by atoms with Gasteiger partial charge in [-0.25, -0.2) is 0 Å². The van der Waals surface area contributed by atoms with Gasteiger partial charge in [-0.15, -0.1) is 10.2 Å². The summed E-state index contributed by atoms with van der Waals surface area (Å²) in [5, 5.41) is 14.9. The van der Waals surface area contributed by atoms with E-state index in [1.54, 1.807) is 12.1 Å². The van der Waals surface area contributed by atoms with Crippen LogP contribution in [0, 0.1) is 6.92 Å². The third-order valence-corrected chi connectivity index (χ3v) is 4.43. The molecule has 0 aliphatic carbocycles. The van der Waals surface area contributed by atoms with E-state index in [9.17, 15) is 4.79 Å². The van der Waals surface area contributed by atoms with Crippen molar-refractivity contribution in [3.8, 4) is 0 Å². The second-order valence-corrected chi connectivity index (χ2v) is 6.69. The molecule has 0 saturated carbocycles. The number of aromatic nitrogens is 2. The highest BCUT2D eigenvalue weighted by Gasteiger charge is 2.07. The van der Waals surface area contributed by atoms with E-state index >= 15 is 0 Å². The third kappa shape index (κ3) is 5.79. The van der Waals surface area contributed by atoms with Crippen molar-refractivity contribution in [3.63, 3.8) is 0 Å². The molecule has 1 amide bonds. The number of benzene rings is 2. The molecule has 3 rings (SSSR count). The first-order valence-corrected chi connectivity index (χ1v) is 9.14. The van der Waals surface area contributed by atoms with Gasteiger partial charge in [0.05, 0.1) is 6.42 Å². The average molecular weight is 381 g/mol. The fourth-order valence-corrected chi connectivity index (χ4v) is 2.77. The molecule has 138 valence electrons. The second-order valence-electron chi connectivity index (χ2n) is 6.26. The Hall–Kier alpha value is -2.92. The van der Waals surface area contributed by atoms with Gasteiger partial charge < -0.3 is 10.6 Å². The van der Waals surface area contributed by atoms with Crippen LogP contribution < -0.4 is 10.6 Å². The van der Waals surface area contributed by atoms with Crippen LogP contribution in [-0.2, 0) is 17.6 Å². The molecule has 5 nitrogen and oxygen atoms in total. The molecule has 1 aromatic heterocycles. The lowest BCUT2D eigenvalue weighted by atomic mass is 10.1. The molecular formula is C21H21ClN4O. The van der Waals surface area contributed by atoms with E-state index in [2.05, 4.69) is 20.8 Å². The van der Waals surface area contributed by atoms with Crippen LogP contribution >= 0.6 is 11.6 Å². The summed E-state index contributed by atoms with van der Waals surface area (Å²) in [7, 11) is 0. The Morgan fingerprint density at radius 1 is 0.963 bits per heavy atom. The number of halogens is 1. The number of amides is 1. The first-order chi connectivity index (χ1) is 13.1. The molecule has 0 unspecified atom stereocenters. The Kier molecular flexibility index (Phi) is 6.39. The van der Waals surface area contributed by atoms with Crippen LogP contribution in [-0.4, -0.2) is 22.6 Å². The van der Waals surface area contributed by atoms with E-state index in [0.29, 0.717) is 18.1 Å². The number of anilines is 2. The SMILES string of the molecule is Cc1ccccc1CC(=O)Nc1ccc(NCCc2ccc(Cl)cc2)nn1. The molecule has 1 heterocycles. The van der Waals surface area contributed by atoms with Crippen LogP contribution in [0.5, 0.6) is 0 Å². The number of hydrogen-bond donors (Lipinski definition) is 2. The minimum Gasteiger partial charge on any atom is -0.368 e. The molecule has 0 fully saturated rings. The molecule has 27 heavy (non-hydrogen) atoms. The Balaban J connectivity index is 1.47. The summed E-state index contributed by atoms with van der Waals surface area (Å²) in [5.74, 6) is 1.000. The van der Waals surface area contributed by atoms with Crippen LogP contribution in [0.15, 0.2) is 60.7 Å². The topological polar surface area (TPSA) is 66.9 Å². The van der Waals surface area contributed by atoms with Gasteiger partial charge in [-0.1, -0.05) is 48.0 Å². The first-order valence-electron chi connectivity index (χ1n) is 8.76. The molecule has 0 radical (unpaired) electrons. The van der Waals surface area contributed by atoms with Crippen molar-refractivity contribution < 1.29 is 4.79 Å². The van der Waals surface area contributed by atoms with Gasteiger partial charge in [0, 0.05) is 11.6 Å². The van der Waals surface area contributed by atoms with Crippen LogP contribution in [0.25, 0.3) is 0 Å². The maximum absolute atomic E-state index is 12.2. The van der Waals surface area contributed by atoms with Crippen molar-refractivity contribution in [2.75, 3.05) is 17.2 Å². The standard InChI is InChI=1S/C21H21ClN4O/c1-15-4-2-3-5-17(15)14-21(27)24-20-11-10-19(25-26-20)23-13-12-16-6-8-18(22)9-7-16/h2-11H,12-14H2,1H3,(H,23,25)(H,24,26,27). The number of carbonyl (C=O) groups excluding carboxylic acids is 1. The number of nitrogens with one attached hydrogen (secondary N) is 2. The molecule has 0 atom stereocenters. The zero-order valence-corrected chi connectivity index (χ0v) is 15.8. The van der Waals surface area contributed by atoms with Crippen molar-refractivity contribution in [1.82, 2.24) is 10.2 Å². The third-order valence-electron chi connectivity index (χ3n) is 4.18. The van der Waals surface area contributed by atoms with E-state index < -0.39 is 0 Å². The molecule has 0 saturated heterocycles. The van der Waals surface area contributed by atoms with E-state index in [-0.39, 0.29) is 5.91 Å². The highest BCUT2D eigenvalue weighted by atomic mass is 35.5. The molecule has 0 bridgehead atoms. The van der Waals surface area contributed by atoms with Crippen LogP contribution in [0.4, 0.5) is 11.6 Å². The quantitative estimate of drug-likeness (QED) is 0.642. The van der Waals surface area contributed by atoms with E-state index in [4.69, 9.17) is 11.6 Å². The molecule has 0 aliphatic heterocycles. The van der Waals surface area contributed by atoms with Crippen LogP contribution in [0.3, 0.4) is 0 Å². The molecular weight excluding hydrogens is 360 g/mol. The average Bonchev–Trinajstić information content (AvgIpc) is 2.67. The molecule has 3 aromatic rings. The highest BCUT2D eigenvalue weighted by Crippen LogP contribution is 2.12. The van der Waals surface area contributed by atoms with Crippen molar-refractivity contribution in [2.24, 2.45) is 0 Å². The van der Waals surface area contributed by atoms with E-state index in [1.807, 2.05) is 55.5 Å². The van der Waals surface area contributed by atoms with Crippen molar-refractivity contribution in [1.29, 1.82) is 0 Å². The lowest BCUT2D eigenvalue weighted by molar-refractivity contribution is -0.115. The van der Waals surface area contributed by atoms with Crippen LogP contribution in [0.2, 0.25) is 5.02 Å². The number of carbonyl (C=O) groups is 1. The summed E-state index contributed by atoms with van der Waals surface area (Å²) < 4.78 is 0. The molecule has 2 aromatic carbocycles. The van der Waals surface area contributed by atoms with Crippen LogP contribution in [0.1, 0.15) is 16.7 Å². The minimum atomic E-state index is -0.109. The normalized spacial score (nSPS) is 10.4. The lowest BCUT2D eigenvalue weighted by Crippen LogP contribution is -2.16. The number of nitrogens with zero attached hydrogens (tertiary/aromatic N) is 2. The Labute approximate surface area is 163 Å². The Bertz CT molecular complexity index is 895. The molecule has 0 spiro atoms. The number of rotatable bonds is 7. The lowest BCUT2D eigenvalue weighted by Gasteiger charge is -2.08. The zero-order chi connectivity index (χ0) is 19.1. The number of aryl methyl sites for hydroxylation is 1. The van der Waals surface area contributed by atoms with E-state index in [1.165, 1.54) is 5.56 Å².